The smallest absolute Gasteiger partial charge is 0.407 e. The summed E-state index contributed by atoms with van der Waals surface area (Å²) in [7, 11) is 1.27. The van der Waals surface area contributed by atoms with Crippen LogP contribution in [-0.2, 0) is 20.9 Å². The summed E-state index contributed by atoms with van der Waals surface area (Å²) in [6.45, 7) is 10.5. The van der Waals surface area contributed by atoms with Crippen LogP contribution in [0.15, 0.2) is 108 Å². The first-order valence-electron chi connectivity index (χ1n) is 21.6. The number of carbonyl (C=O) groups is 3. The molecule has 0 radical (unpaired) electrons. The van der Waals surface area contributed by atoms with Crippen LogP contribution in [0.3, 0.4) is 0 Å². The fourth-order valence-electron chi connectivity index (χ4n) is 8.00. The lowest BCUT2D eigenvalue weighted by atomic mass is 9.98. The molecular weight excluding hydrogens is 765 g/mol. The summed E-state index contributed by atoms with van der Waals surface area (Å²) in [5, 5.41) is 7.90. The highest BCUT2D eigenvalue weighted by atomic mass is 16.5. The molecule has 318 valence electrons. The van der Waals surface area contributed by atoms with E-state index in [9.17, 15) is 14.4 Å². The van der Waals surface area contributed by atoms with Crippen LogP contribution in [0.2, 0.25) is 0 Å². The molecule has 0 aliphatic heterocycles. The number of alkyl carbamates (subject to hydrolysis) is 1. The van der Waals surface area contributed by atoms with Gasteiger partial charge in [0.05, 0.1) is 31.2 Å². The van der Waals surface area contributed by atoms with Gasteiger partial charge in [0.2, 0.25) is 11.8 Å². The molecule has 0 bridgehead atoms. The summed E-state index contributed by atoms with van der Waals surface area (Å²) in [6, 6.07) is 32.2. The summed E-state index contributed by atoms with van der Waals surface area (Å²) >= 11 is 0. The second kappa shape index (κ2) is 20.3. The molecule has 2 aliphatic rings. The maximum Gasteiger partial charge on any atom is 0.407 e. The van der Waals surface area contributed by atoms with Crippen molar-refractivity contribution in [3.63, 3.8) is 0 Å². The summed E-state index contributed by atoms with van der Waals surface area (Å²) in [5.41, 5.74) is 6.86. The molecule has 12 nitrogen and oxygen atoms in total. The van der Waals surface area contributed by atoms with Gasteiger partial charge in [0.25, 0.3) is 0 Å². The SMILES string of the molecule is C=N/C(=C\NCCN(CCC)C(=O)CNC(=O)OC)c1ccc2cc(-c3ccc(-c4cnc(CN(CCC)C(=O)C(c5ccccc5)N(C5CC5)C5CC5)[nH]4)cc3)ccc2c1. The summed E-state index contributed by atoms with van der Waals surface area (Å²) in [6.07, 6.45) is 9.40. The number of rotatable bonds is 21. The van der Waals surface area contributed by atoms with Crippen molar-refractivity contribution >= 4 is 41.1 Å². The van der Waals surface area contributed by atoms with Crippen molar-refractivity contribution < 1.29 is 19.1 Å². The molecule has 12 heteroatoms. The summed E-state index contributed by atoms with van der Waals surface area (Å²) in [4.78, 5) is 57.2. The average Bonchev–Trinajstić information content (AvgIpc) is 4.25. The minimum Gasteiger partial charge on any atom is -0.453 e. The van der Waals surface area contributed by atoms with Gasteiger partial charge in [-0.15, -0.1) is 0 Å². The minimum absolute atomic E-state index is 0.113. The Balaban J connectivity index is 0.983. The zero-order valence-corrected chi connectivity index (χ0v) is 35.6. The standard InChI is InChI=1S/C49H58N8O4/c1-5-25-55(46(58)32-53-49(60)61-4)27-24-51-30-43(50-3)40-19-18-38-28-37(16-17-39(38)29-40)34-12-14-35(15-13-34)44-31-52-45(54-44)33-56(26-6-2)48(59)47(36-10-8-7-9-11-36)57(41-20-21-41)42-22-23-42/h7-19,28-31,41-42,47,51H,3,5-6,20-27,32-33H2,1-2,4H3,(H,52,54)(H,53,60)/b43-30-. The number of H-pyrrole nitrogens is 1. The number of aromatic nitrogens is 2. The minimum atomic E-state index is -0.633. The summed E-state index contributed by atoms with van der Waals surface area (Å²) in [5.74, 6) is 0.772. The maximum atomic E-state index is 14.5. The van der Waals surface area contributed by atoms with E-state index in [0.29, 0.717) is 50.5 Å². The first-order chi connectivity index (χ1) is 29.8. The van der Waals surface area contributed by atoms with E-state index in [1.54, 1.807) is 4.90 Å². The molecule has 61 heavy (non-hydrogen) atoms. The van der Waals surface area contributed by atoms with Crippen molar-refractivity contribution in [2.24, 2.45) is 4.99 Å². The van der Waals surface area contributed by atoms with Gasteiger partial charge in [-0.1, -0.05) is 92.7 Å². The second-order valence-corrected chi connectivity index (χ2v) is 15.9. The highest BCUT2D eigenvalue weighted by molar-refractivity contribution is 5.90. The third-order valence-electron chi connectivity index (χ3n) is 11.4. The zero-order valence-electron chi connectivity index (χ0n) is 35.6. The molecule has 3 N–H and O–H groups in total. The van der Waals surface area contributed by atoms with Gasteiger partial charge in [-0.3, -0.25) is 19.5 Å². The number of carbonyl (C=O) groups excluding carboxylic acids is 3. The first-order valence-corrected chi connectivity index (χ1v) is 21.6. The van der Waals surface area contributed by atoms with Crippen LogP contribution in [0.5, 0.6) is 0 Å². The molecule has 2 aliphatic carbocycles. The molecule has 2 fully saturated rings. The van der Waals surface area contributed by atoms with Gasteiger partial charge in [0.15, 0.2) is 0 Å². The van der Waals surface area contributed by atoms with E-state index in [2.05, 4.69) is 111 Å². The van der Waals surface area contributed by atoms with E-state index >= 15 is 0 Å². The van der Waals surface area contributed by atoms with Gasteiger partial charge in [0.1, 0.15) is 18.4 Å². The Morgan fingerprint density at radius 1 is 0.852 bits per heavy atom. The Bertz CT molecular complexity index is 2300. The number of hydrogen-bond donors (Lipinski definition) is 3. The predicted octanol–water partition coefficient (Wildman–Crippen LogP) is 8.19. The van der Waals surface area contributed by atoms with Gasteiger partial charge in [0, 0.05) is 50.0 Å². The lowest BCUT2D eigenvalue weighted by Gasteiger charge is -2.35. The fraction of sp³-hybridized carbons (Fsp3) is 0.367. The van der Waals surface area contributed by atoms with Crippen LogP contribution < -0.4 is 10.6 Å². The lowest BCUT2D eigenvalue weighted by Crippen LogP contribution is -2.45. The van der Waals surface area contributed by atoms with Crippen LogP contribution in [0.25, 0.3) is 38.9 Å². The number of aliphatic imine (C=N–C) groups is 1. The van der Waals surface area contributed by atoms with Gasteiger partial charge in [-0.2, -0.15) is 0 Å². The predicted molar refractivity (Wildman–Crippen MR) is 243 cm³/mol. The lowest BCUT2D eigenvalue weighted by molar-refractivity contribution is -0.138. The molecule has 7 rings (SSSR count). The molecule has 1 atom stereocenters. The van der Waals surface area contributed by atoms with E-state index in [0.717, 1.165) is 62.9 Å². The molecular formula is C49H58N8O4. The molecule has 0 spiro atoms. The molecule has 1 heterocycles. The van der Waals surface area contributed by atoms with Crippen LogP contribution in [0, 0.1) is 0 Å². The van der Waals surface area contributed by atoms with Crippen molar-refractivity contribution in [2.45, 2.75) is 77.0 Å². The van der Waals surface area contributed by atoms with E-state index in [1.807, 2.05) is 48.5 Å². The Hall–Kier alpha value is -6.27. The number of amides is 3. The van der Waals surface area contributed by atoms with Crippen molar-refractivity contribution in [2.75, 3.05) is 39.8 Å². The normalized spacial score (nSPS) is 14.4. The number of hydrogen-bond acceptors (Lipinski definition) is 8. The molecule has 4 aromatic carbocycles. The average molecular weight is 823 g/mol. The van der Waals surface area contributed by atoms with Gasteiger partial charge < -0.3 is 30.2 Å². The van der Waals surface area contributed by atoms with Crippen LogP contribution in [0.4, 0.5) is 4.79 Å². The third kappa shape index (κ3) is 10.9. The van der Waals surface area contributed by atoms with Gasteiger partial charge >= 0.3 is 6.09 Å². The monoisotopic (exact) mass is 822 g/mol. The quantitative estimate of drug-likeness (QED) is 0.0502. The number of nitrogens with one attached hydrogen (secondary N) is 3. The number of nitrogens with zero attached hydrogens (tertiary/aromatic N) is 5. The maximum absolute atomic E-state index is 14.5. The molecule has 2 saturated carbocycles. The first kappa shape index (κ1) is 42.8. The number of methoxy groups -OCH3 is 1. The number of imidazole rings is 1. The largest absolute Gasteiger partial charge is 0.453 e. The Kier molecular flexibility index (Phi) is 14.3. The Morgan fingerprint density at radius 3 is 2.18 bits per heavy atom. The Morgan fingerprint density at radius 2 is 1.51 bits per heavy atom. The number of aromatic amines is 1. The molecule has 3 amide bonds. The number of ether oxygens (including phenoxy) is 1. The van der Waals surface area contributed by atoms with E-state index < -0.39 is 6.09 Å². The van der Waals surface area contributed by atoms with Crippen molar-refractivity contribution in [1.82, 2.24) is 35.3 Å². The van der Waals surface area contributed by atoms with Crippen LogP contribution in [0.1, 0.15) is 75.4 Å². The Labute approximate surface area is 359 Å². The highest BCUT2D eigenvalue weighted by Gasteiger charge is 2.46. The van der Waals surface area contributed by atoms with Gasteiger partial charge in [-0.05, 0) is 90.4 Å². The molecule has 1 aromatic heterocycles. The zero-order chi connectivity index (χ0) is 42.7. The van der Waals surface area contributed by atoms with E-state index in [4.69, 9.17) is 4.98 Å². The molecule has 1 unspecified atom stereocenters. The van der Waals surface area contributed by atoms with E-state index in [1.165, 1.54) is 32.8 Å². The summed E-state index contributed by atoms with van der Waals surface area (Å²) < 4.78 is 4.57. The van der Waals surface area contributed by atoms with Crippen molar-refractivity contribution in [3.8, 4) is 22.4 Å². The topological polar surface area (TPSA) is 135 Å². The van der Waals surface area contributed by atoms with E-state index in [-0.39, 0.29) is 24.4 Å². The number of benzene rings is 4. The highest BCUT2D eigenvalue weighted by Crippen LogP contribution is 2.44. The second-order valence-electron chi connectivity index (χ2n) is 15.9. The number of fused-ring (bicyclic) bond motifs is 1. The van der Waals surface area contributed by atoms with Crippen LogP contribution >= 0.6 is 0 Å². The molecule has 0 saturated heterocycles. The molecule has 5 aromatic rings. The van der Waals surface area contributed by atoms with Crippen molar-refractivity contribution in [3.05, 3.63) is 120 Å². The third-order valence-corrected chi connectivity index (χ3v) is 11.4. The van der Waals surface area contributed by atoms with Gasteiger partial charge in [-0.25, -0.2) is 9.78 Å². The fourth-order valence-corrected chi connectivity index (χ4v) is 8.00. The van der Waals surface area contributed by atoms with Crippen LogP contribution in [-0.4, -0.2) is 101 Å². The van der Waals surface area contributed by atoms with Crippen molar-refractivity contribution in [1.29, 1.82) is 0 Å².